The van der Waals surface area contributed by atoms with Gasteiger partial charge in [-0.3, -0.25) is 9.59 Å². The third-order valence-electron chi connectivity index (χ3n) is 2.41. The van der Waals surface area contributed by atoms with Gasteiger partial charge in [-0.2, -0.15) is 5.01 Å². The molecule has 0 bridgehead atoms. The number of aryl methyl sites for hydroxylation is 1. The molecule has 0 unspecified atom stereocenters. The minimum atomic E-state index is -0.452. The fourth-order valence-electron chi connectivity index (χ4n) is 1.44. The normalized spacial score (nSPS) is 9.67. The van der Waals surface area contributed by atoms with Gasteiger partial charge in [0.15, 0.2) is 0 Å². The molecule has 6 heteroatoms. The van der Waals surface area contributed by atoms with Crippen LogP contribution in [-0.2, 0) is 20.7 Å². The summed E-state index contributed by atoms with van der Waals surface area (Å²) < 4.78 is 4.53. The van der Waals surface area contributed by atoms with Crippen LogP contribution in [0.2, 0.25) is 0 Å². The second-order valence-corrected chi connectivity index (χ2v) is 3.66. The van der Waals surface area contributed by atoms with Crippen molar-refractivity contribution in [3.63, 3.8) is 0 Å². The van der Waals surface area contributed by atoms with E-state index in [4.69, 9.17) is 0 Å². The van der Waals surface area contributed by atoms with Gasteiger partial charge in [0.2, 0.25) is 5.91 Å². The Morgan fingerprint density at radius 1 is 1.28 bits per heavy atom. The first-order valence-electron chi connectivity index (χ1n) is 5.38. The van der Waals surface area contributed by atoms with E-state index in [1.165, 1.54) is 14.0 Å². The van der Waals surface area contributed by atoms with Gasteiger partial charge in [0.05, 0.1) is 18.1 Å². The summed E-state index contributed by atoms with van der Waals surface area (Å²) in [5, 5.41) is 3.40. The maximum absolute atomic E-state index is 11.1. The first-order valence-corrected chi connectivity index (χ1v) is 5.38. The van der Waals surface area contributed by atoms with E-state index in [1.54, 1.807) is 24.3 Å². The van der Waals surface area contributed by atoms with Crippen molar-refractivity contribution in [3.8, 4) is 0 Å². The highest BCUT2D eigenvalue weighted by Gasteiger charge is 2.11. The van der Waals surface area contributed by atoms with Crippen molar-refractivity contribution in [1.82, 2.24) is 0 Å². The van der Waals surface area contributed by atoms with Gasteiger partial charge in [0.25, 0.3) is 0 Å². The second kappa shape index (κ2) is 6.48. The first-order chi connectivity index (χ1) is 8.58. The summed E-state index contributed by atoms with van der Waals surface area (Å²) in [7, 11) is 1.34. The van der Waals surface area contributed by atoms with E-state index in [-0.39, 0.29) is 12.4 Å². The highest BCUT2D eigenvalue weighted by Crippen LogP contribution is 2.16. The third kappa shape index (κ3) is 3.65. The molecular weight excluding hydrogens is 236 g/mol. The summed E-state index contributed by atoms with van der Waals surface area (Å²) in [6.07, 6.45) is 0.833. The molecule has 0 aliphatic rings. The predicted molar refractivity (Wildman–Crippen MR) is 65.7 cm³/mol. The molecule has 0 aliphatic carbocycles. The fraction of sp³-hybridized carbons (Fsp3) is 0.333. The number of esters is 1. The van der Waals surface area contributed by atoms with Crippen LogP contribution in [0.15, 0.2) is 29.6 Å². The number of hydrogen-bond donors (Lipinski definition) is 0. The lowest BCUT2D eigenvalue weighted by atomic mass is 10.1. The smallest absolute Gasteiger partial charge is 0.305 e. The van der Waals surface area contributed by atoms with Crippen molar-refractivity contribution in [3.05, 3.63) is 34.7 Å². The Kier molecular flexibility index (Phi) is 4.98. The molecule has 0 saturated heterocycles. The number of nitroso groups, excluding NO2 is 1. The third-order valence-corrected chi connectivity index (χ3v) is 2.41. The number of methoxy groups -OCH3 is 1. The Morgan fingerprint density at radius 2 is 1.89 bits per heavy atom. The number of nitrogens with zero attached hydrogens (tertiary/aromatic N) is 2. The molecule has 0 spiro atoms. The number of anilines is 1. The van der Waals surface area contributed by atoms with Gasteiger partial charge >= 0.3 is 5.97 Å². The summed E-state index contributed by atoms with van der Waals surface area (Å²) >= 11 is 0. The van der Waals surface area contributed by atoms with E-state index < -0.39 is 5.91 Å². The maximum Gasteiger partial charge on any atom is 0.305 e. The van der Waals surface area contributed by atoms with Crippen molar-refractivity contribution in [2.75, 3.05) is 12.1 Å². The number of ether oxygens (including phenoxy) is 1. The summed E-state index contributed by atoms with van der Waals surface area (Å²) in [6.45, 7) is 1.26. The molecule has 96 valence electrons. The topological polar surface area (TPSA) is 76.0 Å². The largest absolute Gasteiger partial charge is 0.469 e. The zero-order valence-electron chi connectivity index (χ0n) is 10.3. The molecule has 1 aromatic carbocycles. The molecule has 0 heterocycles. The van der Waals surface area contributed by atoms with Crippen LogP contribution < -0.4 is 5.01 Å². The SMILES string of the molecule is COC(=O)CCc1ccc(N(N=O)C(C)=O)cc1. The second-order valence-electron chi connectivity index (χ2n) is 3.66. The summed E-state index contributed by atoms with van der Waals surface area (Å²) in [4.78, 5) is 32.5. The quantitative estimate of drug-likeness (QED) is 0.454. The van der Waals surface area contributed by atoms with Gasteiger partial charge in [0, 0.05) is 13.3 Å². The Bertz CT molecular complexity index is 442. The summed E-state index contributed by atoms with van der Waals surface area (Å²) in [5.74, 6) is -0.730. The highest BCUT2D eigenvalue weighted by molar-refractivity contribution is 5.90. The van der Waals surface area contributed by atoms with E-state index in [0.717, 1.165) is 10.6 Å². The van der Waals surface area contributed by atoms with Gasteiger partial charge in [-0.1, -0.05) is 12.1 Å². The van der Waals surface area contributed by atoms with Crippen molar-refractivity contribution >= 4 is 17.6 Å². The van der Waals surface area contributed by atoms with Crippen LogP contribution in [0.5, 0.6) is 0 Å². The van der Waals surface area contributed by atoms with Crippen molar-refractivity contribution in [1.29, 1.82) is 0 Å². The number of rotatable bonds is 5. The Balaban J connectivity index is 2.70. The lowest BCUT2D eigenvalue weighted by Gasteiger charge is -2.11. The van der Waals surface area contributed by atoms with Crippen LogP contribution in [0.25, 0.3) is 0 Å². The minimum Gasteiger partial charge on any atom is -0.469 e. The summed E-state index contributed by atoms with van der Waals surface area (Å²) in [5.41, 5.74) is 1.32. The van der Waals surface area contributed by atoms with E-state index in [2.05, 4.69) is 10.0 Å². The molecule has 1 amide bonds. The lowest BCUT2D eigenvalue weighted by molar-refractivity contribution is -0.140. The van der Waals surface area contributed by atoms with E-state index in [9.17, 15) is 14.5 Å². The molecular formula is C12H14N2O4. The first kappa shape index (κ1) is 13.8. The molecule has 0 aromatic heterocycles. The molecule has 0 fully saturated rings. The number of benzene rings is 1. The number of hydrogen-bond acceptors (Lipinski definition) is 5. The molecule has 0 radical (unpaired) electrons. The van der Waals surface area contributed by atoms with Crippen molar-refractivity contribution in [2.24, 2.45) is 5.29 Å². The Morgan fingerprint density at radius 3 is 2.33 bits per heavy atom. The molecule has 0 saturated carbocycles. The Labute approximate surface area is 104 Å². The van der Waals surface area contributed by atoms with Gasteiger partial charge in [-0.15, -0.1) is 4.91 Å². The number of carbonyl (C=O) groups is 2. The molecule has 6 nitrogen and oxygen atoms in total. The maximum atomic E-state index is 11.1. The zero-order valence-corrected chi connectivity index (χ0v) is 10.3. The lowest BCUT2D eigenvalue weighted by Crippen LogP contribution is -2.21. The van der Waals surface area contributed by atoms with Crippen LogP contribution in [0, 0.1) is 4.91 Å². The molecule has 1 rings (SSSR count). The van der Waals surface area contributed by atoms with Crippen LogP contribution in [-0.4, -0.2) is 19.0 Å². The fourth-order valence-corrected chi connectivity index (χ4v) is 1.44. The predicted octanol–water partition coefficient (Wildman–Crippen LogP) is 1.83. The molecule has 0 aliphatic heterocycles. The van der Waals surface area contributed by atoms with Crippen LogP contribution in [0.4, 0.5) is 5.69 Å². The van der Waals surface area contributed by atoms with Crippen LogP contribution >= 0.6 is 0 Å². The number of amides is 1. The number of carbonyl (C=O) groups excluding carboxylic acids is 2. The van der Waals surface area contributed by atoms with Gasteiger partial charge < -0.3 is 4.74 Å². The monoisotopic (exact) mass is 250 g/mol. The minimum absolute atomic E-state index is 0.279. The summed E-state index contributed by atoms with van der Waals surface area (Å²) in [6, 6.07) is 6.68. The Hall–Kier alpha value is -2.24. The van der Waals surface area contributed by atoms with E-state index in [1.807, 2.05) is 0 Å². The van der Waals surface area contributed by atoms with Crippen LogP contribution in [0.1, 0.15) is 18.9 Å². The zero-order chi connectivity index (χ0) is 13.5. The van der Waals surface area contributed by atoms with Crippen molar-refractivity contribution < 1.29 is 14.3 Å². The highest BCUT2D eigenvalue weighted by atomic mass is 16.5. The standard InChI is InChI=1S/C12H14N2O4/c1-9(15)14(13-17)11-6-3-10(4-7-11)5-8-12(16)18-2/h3-4,6-7H,5,8H2,1-2H3. The average Bonchev–Trinajstić information content (AvgIpc) is 2.37. The molecule has 1 aromatic rings. The van der Waals surface area contributed by atoms with E-state index >= 15 is 0 Å². The molecule has 0 atom stereocenters. The van der Waals surface area contributed by atoms with Gasteiger partial charge in [-0.25, -0.2) is 0 Å². The molecule has 0 N–H and O–H groups in total. The molecule has 18 heavy (non-hydrogen) atoms. The van der Waals surface area contributed by atoms with Gasteiger partial charge in [0.1, 0.15) is 0 Å². The van der Waals surface area contributed by atoms with Crippen LogP contribution in [0.3, 0.4) is 0 Å². The average molecular weight is 250 g/mol. The van der Waals surface area contributed by atoms with E-state index in [0.29, 0.717) is 12.1 Å². The van der Waals surface area contributed by atoms with Gasteiger partial charge in [-0.05, 0) is 24.1 Å². The van der Waals surface area contributed by atoms with Crippen molar-refractivity contribution in [2.45, 2.75) is 19.8 Å².